The Balaban J connectivity index is 1.18. The van der Waals surface area contributed by atoms with Gasteiger partial charge >= 0.3 is 0 Å². The van der Waals surface area contributed by atoms with Crippen LogP contribution in [0.15, 0.2) is 173 Å². The molecule has 0 radical (unpaired) electrons. The quantitative estimate of drug-likeness (QED) is 0.186. The van der Waals surface area contributed by atoms with Crippen LogP contribution in [0.25, 0.3) is 100 Å². The third-order valence-electron chi connectivity index (χ3n) is 9.03. The van der Waals surface area contributed by atoms with E-state index in [2.05, 4.69) is 18.2 Å². The first kappa shape index (κ1) is 23.5. The van der Waals surface area contributed by atoms with E-state index in [0.29, 0.717) is 39.8 Å². The van der Waals surface area contributed by atoms with Crippen LogP contribution in [0.2, 0.25) is 0 Å². The standard InChI is InChI=1S/C45H27N3O2/c1-3-13-28(14-4-1)30-17-9-18-31(27-30)44-46-43(29-15-5-2-6-16-29)47-45(48-44)37-24-12-26-39-40(37)36-23-11-22-35(42(36)50-39)34-21-10-20-33-32-19-7-8-25-38(32)49-41(33)34/h1-27H/i1D,3D,4D,13D,14D. The minimum Gasteiger partial charge on any atom is -0.455 e. The van der Waals surface area contributed by atoms with Crippen LogP contribution in [-0.4, -0.2) is 15.0 Å². The van der Waals surface area contributed by atoms with E-state index in [1.54, 1.807) is 18.2 Å². The molecule has 0 atom stereocenters. The number of benzene rings is 7. The first-order valence-corrected chi connectivity index (χ1v) is 16.2. The van der Waals surface area contributed by atoms with Gasteiger partial charge in [0.15, 0.2) is 17.5 Å². The molecule has 50 heavy (non-hydrogen) atoms. The number of para-hydroxylation sites is 3. The molecule has 0 fully saturated rings. The van der Waals surface area contributed by atoms with E-state index >= 15 is 0 Å². The van der Waals surface area contributed by atoms with Crippen molar-refractivity contribution in [3.05, 3.63) is 164 Å². The van der Waals surface area contributed by atoms with Gasteiger partial charge in [-0.15, -0.1) is 0 Å². The first-order valence-electron chi connectivity index (χ1n) is 18.7. The minimum absolute atomic E-state index is 0.106. The zero-order chi connectivity index (χ0) is 37.4. The molecular formula is C45H27N3O2. The molecule has 3 heterocycles. The van der Waals surface area contributed by atoms with Crippen LogP contribution in [0, 0.1) is 0 Å². The number of hydrogen-bond donors (Lipinski definition) is 0. The summed E-state index contributed by atoms with van der Waals surface area (Å²) in [4.78, 5) is 15.0. The zero-order valence-corrected chi connectivity index (χ0v) is 26.4. The second-order valence-corrected chi connectivity index (χ2v) is 12.0. The van der Waals surface area contributed by atoms with Gasteiger partial charge in [-0.3, -0.25) is 0 Å². The predicted molar refractivity (Wildman–Crippen MR) is 202 cm³/mol. The molecule has 0 aliphatic rings. The number of furan rings is 2. The largest absolute Gasteiger partial charge is 0.455 e. The average Bonchev–Trinajstić information content (AvgIpc) is 3.81. The molecule has 234 valence electrons. The van der Waals surface area contributed by atoms with Crippen molar-refractivity contribution in [1.29, 1.82) is 0 Å². The van der Waals surface area contributed by atoms with Gasteiger partial charge in [0, 0.05) is 49.4 Å². The second-order valence-electron chi connectivity index (χ2n) is 12.0. The van der Waals surface area contributed by atoms with Crippen LogP contribution in [0.5, 0.6) is 0 Å². The highest BCUT2D eigenvalue weighted by Crippen LogP contribution is 2.43. The summed E-state index contributed by atoms with van der Waals surface area (Å²) < 4.78 is 54.8. The maximum absolute atomic E-state index is 8.58. The van der Waals surface area contributed by atoms with Crippen molar-refractivity contribution in [1.82, 2.24) is 15.0 Å². The Kier molecular flexibility index (Phi) is 5.35. The van der Waals surface area contributed by atoms with E-state index < -0.39 is 18.1 Å². The van der Waals surface area contributed by atoms with Gasteiger partial charge in [-0.2, -0.15) is 0 Å². The van der Waals surface area contributed by atoms with Crippen LogP contribution in [0.1, 0.15) is 6.85 Å². The molecule has 5 nitrogen and oxygen atoms in total. The summed E-state index contributed by atoms with van der Waals surface area (Å²) in [5, 5.41) is 3.82. The number of aromatic nitrogens is 3. The van der Waals surface area contributed by atoms with Crippen molar-refractivity contribution in [3.63, 3.8) is 0 Å². The normalized spacial score (nSPS) is 13.0. The maximum atomic E-state index is 8.58. The lowest BCUT2D eigenvalue weighted by molar-refractivity contribution is 0.665. The molecule has 0 amide bonds. The van der Waals surface area contributed by atoms with Gasteiger partial charge in [0.2, 0.25) is 0 Å². The number of hydrogen-bond acceptors (Lipinski definition) is 5. The fourth-order valence-corrected chi connectivity index (χ4v) is 6.76. The van der Waals surface area contributed by atoms with Gasteiger partial charge in [-0.1, -0.05) is 145 Å². The van der Waals surface area contributed by atoms with Gasteiger partial charge in [0.25, 0.3) is 0 Å². The lowest BCUT2D eigenvalue weighted by Crippen LogP contribution is -2.00. The predicted octanol–water partition coefficient (Wildman–Crippen LogP) is 12.0. The molecule has 0 N–H and O–H groups in total. The zero-order valence-electron chi connectivity index (χ0n) is 31.4. The Hall–Kier alpha value is -6.85. The highest BCUT2D eigenvalue weighted by atomic mass is 16.3. The van der Waals surface area contributed by atoms with Crippen molar-refractivity contribution in [2.75, 3.05) is 0 Å². The van der Waals surface area contributed by atoms with E-state index in [-0.39, 0.29) is 17.6 Å². The van der Waals surface area contributed by atoms with Crippen molar-refractivity contribution in [3.8, 4) is 56.4 Å². The summed E-state index contributed by atoms with van der Waals surface area (Å²) in [5.41, 5.74) is 7.50. The lowest BCUT2D eigenvalue weighted by atomic mass is 9.98. The smallest absolute Gasteiger partial charge is 0.164 e. The Morgan fingerprint density at radius 1 is 0.400 bits per heavy atom. The van der Waals surface area contributed by atoms with Crippen LogP contribution in [-0.2, 0) is 0 Å². The molecule has 0 spiro atoms. The SMILES string of the molecule is [2H]c1c([2H])c([2H])c(-c2cccc(-c3nc(-c4ccccc4)nc(-c4cccc5oc6c(-c7cccc8c7oc7ccccc78)cccc6c45)n3)c2)c([2H])c1[2H]. The van der Waals surface area contributed by atoms with Gasteiger partial charge in [0.05, 0.1) is 6.85 Å². The molecule has 10 aromatic rings. The summed E-state index contributed by atoms with van der Waals surface area (Å²) in [6.07, 6.45) is 0. The summed E-state index contributed by atoms with van der Waals surface area (Å²) in [6.45, 7) is 0. The monoisotopic (exact) mass is 646 g/mol. The van der Waals surface area contributed by atoms with E-state index in [1.165, 1.54) is 0 Å². The van der Waals surface area contributed by atoms with E-state index in [4.69, 9.17) is 30.6 Å². The third kappa shape index (κ3) is 4.60. The fraction of sp³-hybridized carbons (Fsp3) is 0. The van der Waals surface area contributed by atoms with Gasteiger partial charge in [-0.05, 0) is 29.3 Å². The molecule has 0 aliphatic carbocycles. The van der Waals surface area contributed by atoms with Crippen molar-refractivity contribution >= 4 is 43.9 Å². The molecule has 10 rings (SSSR count). The van der Waals surface area contributed by atoms with Crippen LogP contribution in [0.4, 0.5) is 0 Å². The van der Waals surface area contributed by atoms with Crippen LogP contribution < -0.4 is 0 Å². The first-order chi connectivity index (χ1) is 26.9. The second kappa shape index (κ2) is 11.4. The summed E-state index contributed by atoms with van der Waals surface area (Å²) in [7, 11) is 0. The van der Waals surface area contributed by atoms with E-state index in [9.17, 15) is 0 Å². The van der Waals surface area contributed by atoms with Crippen molar-refractivity contribution in [2.24, 2.45) is 0 Å². The summed E-state index contributed by atoms with van der Waals surface area (Å²) in [5.74, 6) is 1.24. The summed E-state index contributed by atoms with van der Waals surface area (Å²) in [6, 6.07) is 41.1. The maximum Gasteiger partial charge on any atom is 0.164 e. The topological polar surface area (TPSA) is 65.0 Å². The average molecular weight is 647 g/mol. The molecule has 5 heteroatoms. The van der Waals surface area contributed by atoms with Gasteiger partial charge in [-0.25, -0.2) is 15.0 Å². The molecular weight excluding hydrogens is 615 g/mol. The fourth-order valence-electron chi connectivity index (χ4n) is 6.76. The Morgan fingerprint density at radius 2 is 0.960 bits per heavy atom. The number of fused-ring (bicyclic) bond motifs is 6. The number of rotatable bonds is 5. The highest BCUT2D eigenvalue weighted by molar-refractivity contribution is 6.17. The minimum atomic E-state index is -0.441. The molecule has 0 aliphatic heterocycles. The van der Waals surface area contributed by atoms with Crippen LogP contribution in [0.3, 0.4) is 0 Å². The van der Waals surface area contributed by atoms with Crippen LogP contribution >= 0.6 is 0 Å². The summed E-state index contributed by atoms with van der Waals surface area (Å²) >= 11 is 0. The molecule has 0 bridgehead atoms. The lowest BCUT2D eigenvalue weighted by Gasteiger charge is -2.10. The van der Waals surface area contributed by atoms with Gasteiger partial charge in [0.1, 0.15) is 22.3 Å². The molecule has 0 saturated heterocycles. The van der Waals surface area contributed by atoms with E-state index in [0.717, 1.165) is 55.0 Å². The third-order valence-corrected chi connectivity index (χ3v) is 9.03. The Morgan fingerprint density at radius 3 is 1.80 bits per heavy atom. The van der Waals surface area contributed by atoms with Gasteiger partial charge < -0.3 is 8.83 Å². The molecule has 0 saturated carbocycles. The van der Waals surface area contributed by atoms with E-state index in [1.807, 2.05) is 97.1 Å². The Bertz CT molecular complexity index is 3150. The number of nitrogens with zero attached hydrogens (tertiary/aromatic N) is 3. The molecule has 0 unspecified atom stereocenters. The highest BCUT2D eigenvalue weighted by Gasteiger charge is 2.21. The van der Waals surface area contributed by atoms with Crippen molar-refractivity contribution < 1.29 is 15.7 Å². The molecule has 7 aromatic carbocycles. The molecule has 3 aromatic heterocycles. The van der Waals surface area contributed by atoms with Crippen molar-refractivity contribution in [2.45, 2.75) is 0 Å². The Labute approximate surface area is 294 Å².